The molecule has 1 aromatic heterocycles. The molecule has 7 nitrogen and oxygen atoms in total. The predicted molar refractivity (Wildman–Crippen MR) is 70.1 cm³/mol. The van der Waals surface area contributed by atoms with Gasteiger partial charge >= 0.3 is 5.69 Å². The van der Waals surface area contributed by atoms with E-state index >= 15 is 0 Å². The molecule has 19 heavy (non-hydrogen) atoms. The largest absolute Gasteiger partial charge is 0.481 e. The molecular weight excluding hydrogens is 248 g/mol. The molecule has 0 spiro atoms. The third-order valence-electron chi connectivity index (χ3n) is 2.63. The van der Waals surface area contributed by atoms with E-state index in [-0.39, 0.29) is 17.4 Å². The molecule has 0 radical (unpaired) electrons. The van der Waals surface area contributed by atoms with E-state index in [9.17, 15) is 10.1 Å². The van der Waals surface area contributed by atoms with Gasteiger partial charge < -0.3 is 9.64 Å². The van der Waals surface area contributed by atoms with Crippen LogP contribution in [0.15, 0.2) is 12.1 Å². The Kier molecular flexibility index (Phi) is 5.06. The maximum absolute atomic E-state index is 11.0. The van der Waals surface area contributed by atoms with Crippen LogP contribution in [0, 0.1) is 27.4 Å². The summed E-state index contributed by atoms with van der Waals surface area (Å²) in [5, 5.41) is 19.9. The normalized spacial score (nSPS) is 11.5. The van der Waals surface area contributed by atoms with E-state index in [4.69, 9.17) is 10.00 Å². The second kappa shape index (κ2) is 6.54. The molecule has 0 aliphatic carbocycles. The van der Waals surface area contributed by atoms with Crippen LogP contribution in [0.1, 0.15) is 13.8 Å². The van der Waals surface area contributed by atoms with E-state index in [2.05, 4.69) is 11.1 Å². The SMILES string of the molecule is CCN(CC(C)C#N)c1nc(OC)ccc1[N+](=O)[O-]. The van der Waals surface area contributed by atoms with Crippen LogP contribution in [-0.4, -0.2) is 30.1 Å². The molecule has 1 atom stereocenters. The molecule has 1 unspecified atom stereocenters. The first-order valence-corrected chi connectivity index (χ1v) is 5.87. The van der Waals surface area contributed by atoms with E-state index in [1.54, 1.807) is 11.8 Å². The van der Waals surface area contributed by atoms with Crippen LogP contribution < -0.4 is 9.64 Å². The monoisotopic (exact) mass is 264 g/mol. The Morgan fingerprint density at radius 3 is 2.79 bits per heavy atom. The molecular formula is C12H16N4O3. The fourth-order valence-corrected chi connectivity index (χ4v) is 1.65. The lowest BCUT2D eigenvalue weighted by Gasteiger charge is -2.22. The third kappa shape index (κ3) is 3.55. The third-order valence-corrected chi connectivity index (χ3v) is 2.63. The Labute approximate surface area is 111 Å². The van der Waals surface area contributed by atoms with Crippen LogP contribution in [0.4, 0.5) is 11.5 Å². The van der Waals surface area contributed by atoms with Gasteiger partial charge in [0.1, 0.15) is 0 Å². The van der Waals surface area contributed by atoms with Crippen LogP contribution in [0.2, 0.25) is 0 Å². The summed E-state index contributed by atoms with van der Waals surface area (Å²) in [6.45, 7) is 4.52. The Bertz CT molecular complexity index is 498. The van der Waals surface area contributed by atoms with E-state index in [1.165, 1.54) is 19.2 Å². The number of rotatable bonds is 6. The fraction of sp³-hybridized carbons (Fsp3) is 0.500. The van der Waals surface area contributed by atoms with Crippen molar-refractivity contribution in [1.29, 1.82) is 5.26 Å². The summed E-state index contributed by atoms with van der Waals surface area (Å²) in [5.74, 6) is 0.296. The Hall–Kier alpha value is -2.36. The summed E-state index contributed by atoms with van der Waals surface area (Å²) in [4.78, 5) is 16.4. The molecule has 1 heterocycles. The standard InChI is InChI=1S/C12H16N4O3/c1-4-15(8-9(2)7-13)12-10(16(17)18)5-6-11(14-12)19-3/h5-6,9H,4,8H2,1-3H3. The zero-order valence-electron chi connectivity index (χ0n) is 11.2. The number of pyridine rings is 1. The molecule has 0 aliphatic rings. The van der Waals surface area contributed by atoms with Gasteiger partial charge in [-0.05, 0) is 13.8 Å². The average molecular weight is 264 g/mol. The Balaban J connectivity index is 3.19. The van der Waals surface area contributed by atoms with E-state index in [0.29, 0.717) is 19.0 Å². The van der Waals surface area contributed by atoms with Gasteiger partial charge in [-0.25, -0.2) is 0 Å². The maximum Gasteiger partial charge on any atom is 0.311 e. The van der Waals surface area contributed by atoms with E-state index in [1.807, 2.05) is 6.92 Å². The zero-order chi connectivity index (χ0) is 14.4. The minimum Gasteiger partial charge on any atom is -0.481 e. The van der Waals surface area contributed by atoms with Crippen molar-refractivity contribution in [2.45, 2.75) is 13.8 Å². The van der Waals surface area contributed by atoms with Gasteiger partial charge in [0.25, 0.3) is 0 Å². The smallest absolute Gasteiger partial charge is 0.311 e. The zero-order valence-corrected chi connectivity index (χ0v) is 11.2. The summed E-state index contributed by atoms with van der Waals surface area (Å²) in [7, 11) is 1.45. The predicted octanol–water partition coefficient (Wildman–Crippen LogP) is 1.98. The van der Waals surface area contributed by atoms with E-state index < -0.39 is 4.92 Å². The highest BCUT2D eigenvalue weighted by Gasteiger charge is 2.22. The number of ether oxygens (including phenoxy) is 1. The fourth-order valence-electron chi connectivity index (χ4n) is 1.65. The lowest BCUT2D eigenvalue weighted by atomic mass is 10.2. The van der Waals surface area contributed by atoms with E-state index in [0.717, 1.165) is 0 Å². The first kappa shape index (κ1) is 14.7. The number of anilines is 1. The van der Waals surface area contributed by atoms with Gasteiger partial charge in [0, 0.05) is 25.2 Å². The van der Waals surface area contributed by atoms with Crippen LogP contribution in [0.5, 0.6) is 5.88 Å². The highest BCUT2D eigenvalue weighted by Crippen LogP contribution is 2.28. The Morgan fingerprint density at radius 1 is 1.63 bits per heavy atom. The van der Waals surface area contributed by atoms with Crippen molar-refractivity contribution in [2.75, 3.05) is 25.1 Å². The van der Waals surface area contributed by atoms with Crippen molar-refractivity contribution in [3.8, 4) is 11.9 Å². The summed E-state index contributed by atoms with van der Waals surface area (Å²) >= 11 is 0. The summed E-state index contributed by atoms with van der Waals surface area (Å²) < 4.78 is 4.99. The molecule has 0 saturated heterocycles. The highest BCUT2D eigenvalue weighted by atomic mass is 16.6. The highest BCUT2D eigenvalue weighted by molar-refractivity contribution is 5.59. The van der Waals surface area contributed by atoms with Gasteiger partial charge in [0.2, 0.25) is 11.7 Å². The van der Waals surface area contributed by atoms with Gasteiger partial charge in [0.15, 0.2) is 0 Å². The second-order valence-electron chi connectivity index (χ2n) is 4.02. The lowest BCUT2D eigenvalue weighted by molar-refractivity contribution is -0.384. The molecule has 0 saturated carbocycles. The van der Waals surface area contributed by atoms with Gasteiger partial charge in [-0.2, -0.15) is 10.2 Å². The van der Waals surface area contributed by atoms with Crippen molar-refractivity contribution < 1.29 is 9.66 Å². The van der Waals surface area contributed by atoms with Crippen LogP contribution in [0.25, 0.3) is 0 Å². The number of hydrogen-bond acceptors (Lipinski definition) is 6. The van der Waals surface area contributed by atoms with Crippen molar-refractivity contribution in [1.82, 2.24) is 4.98 Å². The molecule has 0 aromatic carbocycles. The number of nitriles is 1. The van der Waals surface area contributed by atoms with Crippen LogP contribution >= 0.6 is 0 Å². The maximum atomic E-state index is 11.0. The Morgan fingerprint density at radius 2 is 2.32 bits per heavy atom. The van der Waals surface area contributed by atoms with Gasteiger partial charge in [-0.3, -0.25) is 10.1 Å². The molecule has 102 valence electrons. The summed E-state index contributed by atoms with van der Waals surface area (Å²) in [5.41, 5.74) is -0.0900. The average Bonchev–Trinajstić information content (AvgIpc) is 2.43. The number of nitro groups is 1. The van der Waals surface area contributed by atoms with Crippen LogP contribution in [0.3, 0.4) is 0 Å². The number of hydrogen-bond donors (Lipinski definition) is 0. The van der Waals surface area contributed by atoms with Gasteiger partial charge in [0.05, 0.1) is 24.0 Å². The lowest BCUT2D eigenvalue weighted by Crippen LogP contribution is -2.29. The second-order valence-corrected chi connectivity index (χ2v) is 4.02. The molecule has 1 rings (SSSR count). The minimum atomic E-state index is -0.485. The molecule has 0 fully saturated rings. The first-order valence-electron chi connectivity index (χ1n) is 5.87. The molecule has 0 bridgehead atoms. The molecule has 0 N–H and O–H groups in total. The van der Waals surface area contributed by atoms with Crippen molar-refractivity contribution in [3.63, 3.8) is 0 Å². The topological polar surface area (TPSA) is 92.3 Å². The summed E-state index contributed by atoms with van der Waals surface area (Å²) in [6.07, 6.45) is 0. The number of methoxy groups -OCH3 is 1. The van der Waals surface area contributed by atoms with Crippen molar-refractivity contribution >= 4 is 11.5 Å². The number of nitrogens with zero attached hydrogens (tertiary/aromatic N) is 4. The van der Waals surface area contributed by atoms with Crippen molar-refractivity contribution in [3.05, 3.63) is 22.2 Å². The first-order chi connectivity index (χ1) is 9.03. The minimum absolute atomic E-state index is 0.0900. The molecule has 0 aliphatic heterocycles. The molecule has 0 amide bonds. The summed E-state index contributed by atoms with van der Waals surface area (Å²) in [6, 6.07) is 4.92. The van der Waals surface area contributed by atoms with Gasteiger partial charge in [-0.15, -0.1) is 0 Å². The van der Waals surface area contributed by atoms with Crippen LogP contribution in [-0.2, 0) is 0 Å². The number of aromatic nitrogens is 1. The van der Waals surface area contributed by atoms with Crippen molar-refractivity contribution in [2.24, 2.45) is 5.92 Å². The molecule has 1 aromatic rings. The molecule has 7 heteroatoms. The van der Waals surface area contributed by atoms with Gasteiger partial charge in [-0.1, -0.05) is 0 Å². The quantitative estimate of drug-likeness (QED) is 0.576.